The number of hydrogen-bond donors (Lipinski definition) is 1. The van der Waals surface area contributed by atoms with E-state index in [1.807, 2.05) is 77.1 Å². The average Bonchev–Trinajstić information content (AvgIpc) is 2.70. The molecular formula is C24H32N2O2S. The quantitative estimate of drug-likeness (QED) is 0.606. The van der Waals surface area contributed by atoms with Crippen LogP contribution < -0.4 is 5.32 Å². The first kappa shape index (κ1) is 23.0. The van der Waals surface area contributed by atoms with Gasteiger partial charge >= 0.3 is 0 Å². The second-order valence-electron chi connectivity index (χ2n) is 7.61. The van der Waals surface area contributed by atoms with Gasteiger partial charge in [-0.25, -0.2) is 0 Å². The summed E-state index contributed by atoms with van der Waals surface area (Å²) in [6.07, 6.45) is 0.855. The zero-order valence-corrected chi connectivity index (χ0v) is 18.9. The number of carbonyl (C=O) groups is 2. The SMILES string of the molecule is CCC(C)NC(=O)C(C)N(Cc1cccc(C)c1)C(=O)CSc1ccc(C)cc1. The third kappa shape index (κ3) is 7.24. The van der Waals surface area contributed by atoms with E-state index in [1.54, 1.807) is 4.90 Å². The van der Waals surface area contributed by atoms with Gasteiger partial charge < -0.3 is 10.2 Å². The number of aryl methyl sites for hydroxylation is 2. The van der Waals surface area contributed by atoms with Crippen LogP contribution in [-0.2, 0) is 16.1 Å². The molecular weight excluding hydrogens is 380 g/mol. The molecule has 5 heteroatoms. The lowest BCUT2D eigenvalue weighted by atomic mass is 10.1. The number of benzene rings is 2. The van der Waals surface area contributed by atoms with E-state index in [1.165, 1.54) is 17.3 Å². The largest absolute Gasteiger partial charge is 0.352 e. The summed E-state index contributed by atoms with van der Waals surface area (Å²) in [5.74, 6) is 0.153. The predicted octanol–water partition coefficient (Wildman–Crippen LogP) is 4.73. The first-order valence-electron chi connectivity index (χ1n) is 10.1. The number of thioether (sulfide) groups is 1. The maximum Gasteiger partial charge on any atom is 0.242 e. The van der Waals surface area contributed by atoms with E-state index in [-0.39, 0.29) is 17.9 Å². The molecule has 0 aliphatic heterocycles. The third-order valence-electron chi connectivity index (χ3n) is 4.99. The number of amides is 2. The van der Waals surface area contributed by atoms with Crippen molar-refractivity contribution in [2.75, 3.05) is 5.75 Å². The third-order valence-corrected chi connectivity index (χ3v) is 5.98. The van der Waals surface area contributed by atoms with Crippen molar-refractivity contribution in [3.8, 4) is 0 Å². The van der Waals surface area contributed by atoms with Crippen LogP contribution in [0.5, 0.6) is 0 Å². The summed E-state index contributed by atoms with van der Waals surface area (Å²) in [7, 11) is 0. The van der Waals surface area contributed by atoms with Gasteiger partial charge in [-0.2, -0.15) is 0 Å². The number of nitrogens with one attached hydrogen (secondary N) is 1. The molecule has 2 atom stereocenters. The average molecular weight is 413 g/mol. The highest BCUT2D eigenvalue weighted by molar-refractivity contribution is 8.00. The molecule has 29 heavy (non-hydrogen) atoms. The summed E-state index contributed by atoms with van der Waals surface area (Å²) in [5, 5.41) is 3.00. The van der Waals surface area contributed by atoms with Crippen LogP contribution in [0, 0.1) is 13.8 Å². The first-order valence-corrected chi connectivity index (χ1v) is 11.1. The number of nitrogens with zero attached hydrogens (tertiary/aromatic N) is 1. The second kappa shape index (κ2) is 11.1. The van der Waals surface area contributed by atoms with E-state index in [4.69, 9.17) is 0 Å². The van der Waals surface area contributed by atoms with Gasteiger partial charge in [-0.3, -0.25) is 9.59 Å². The molecule has 0 saturated carbocycles. The Morgan fingerprint density at radius 1 is 1.03 bits per heavy atom. The lowest BCUT2D eigenvalue weighted by molar-refractivity contribution is -0.138. The van der Waals surface area contributed by atoms with E-state index in [2.05, 4.69) is 11.4 Å². The first-order chi connectivity index (χ1) is 13.8. The molecule has 0 radical (unpaired) electrons. The Hall–Kier alpha value is -2.27. The van der Waals surface area contributed by atoms with Gasteiger partial charge in [-0.1, -0.05) is 54.4 Å². The van der Waals surface area contributed by atoms with Crippen molar-refractivity contribution >= 4 is 23.6 Å². The number of hydrogen-bond acceptors (Lipinski definition) is 3. The van der Waals surface area contributed by atoms with Crippen molar-refractivity contribution in [1.82, 2.24) is 10.2 Å². The summed E-state index contributed by atoms with van der Waals surface area (Å²) in [5.41, 5.74) is 3.36. The minimum Gasteiger partial charge on any atom is -0.352 e. The highest BCUT2D eigenvalue weighted by atomic mass is 32.2. The Bertz CT molecular complexity index is 820. The van der Waals surface area contributed by atoms with Crippen molar-refractivity contribution in [3.05, 3.63) is 65.2 Å². The Labute approximate surface area is 179 Å². The zero-order valence-electron chi connectivity index (χ0n) is 18.1. The molecule has 0 spiro atoms. The topological polar surface area (TPSA) is 49.4 Å². The van der Waals surface area contributed by atoms with Gasteiger partial charge in [-0.15, -0.1) is 11.8 Å². The molecule has 0 aromatic heterocycles. The van der Waals surface area contributed by atoms with Crippen LogP contribution in [0.15, 0.2) is 53.4 Å². The van der Waals surface area contributed by atoms with Gasteiger partial charge in [-0.05, 0) is 51.8 Å². The van der Waals surface area contributed by atoms with E-state index in [9.17, 15) is 9.59 Å². The van der Waals surface area contributed by atoms with Crippen LogP contribution in [0.25, 0.3) is 0 Å². The fraction of sp³-hybridized carbons (Fsp3) is 0.417. The molecule has 0 fully saturated rings. The summed E-state index contributed by atoms with van der Waals surface area (Å²) in [6, 6.07) is 15.8. The van der Waals surface area contributed by atoms with Gasteiger partial charge in [0.2, 0.25) is 11.8 Å². The van der Waals surface area contributed by atoms with Gasteiger partial charge in [0, 0.05) is 17.5 Å². The van der Waals surface area contributed by atoms with Crippen LogP contribution >= 0.6 is 11.8 Å². The lowest BCUT2D eigenvalue weighted by Gasteiger charge is -2.29. The summed E-state index contributed by atoms with van der Waals surface area (Å²) >= 11 is 1.50. The highest BCUT2D eigenvalue weighted by Gasteiger charge is 2.26. The molecule has 4 nitrogen and oxygen atoms in total. The Morgan fingerprint density at radius 3 is 2.34 bits per heavy atom. The summed E-state index contributed by atoms with van der Waals surface area (Å²) in [6.45, 7) is 10.3. The molecule has 2 unspecified atom stereocenters. The maximum absolute atomic E-state index is 13.1. The van der Waals surface area contributed by atoms with Gasteiger partial charge in [0.1, 0.15) is 6.04 Å². The number of rotatable bonds is 9. The Morgan fingerprint density at radius 2 is 1.72 bits per heavy atom. The van der Waals surface area contributed by atoms with Crippen molar-refractivity contribution in [3.63, 3.8) is 0 Å². The van der Waals surface area contributed by atoms with Gasteiger partial charge in [0.05, 0.1) is 5.75 Å². The summed E-state index contributed by atoms with van der Waals surface area (Å²) < 4.78 is 0. The molecule has 0 saturated heterocycles. The van der Waals surface area contributed by atoms with Crippen LogP contribution in [0.3, 0.4) is 0 Å². The summed E-state index contributed by atoms with van der Waals surface area (Å²) in [4.78, 5) is 28.6. The second-order valence-corrected chi connectivity index (χ2v) is 8.66. The zero-order chi connectivity index (χ0) is 21.4. The van der Waals surface area contributed by atoms with Crippen LogP contribution in [-0.4, -0.2) is 34.6 Å². The van der Waals surface area contributed by atoms with Crippen LogP contribution in [0.4, 0.5) is 0 Å². The molecule has 2 amide bonds. The highest BCUT2D eigenvalue weighted by Crippen LogP contribution is 2.20. The lowest BCUT2D eigenvalue weighted by Crippen LogP contribution is -2.50. The monoisotopic (exact) mass is 412 g/mol. The minimum atomic E-state index is -0.532. The van der Waals surface area contributed by atoms with E-state index in [0.29, 0.717) is 12.3 Å². The fourth-order valence-corrected chi connectivity index (χ4v) is 3.70. The molecule has 2 aromatic carbocycles. The molecule has 0 heterocycles. The van der Waals surface area contributed by atoms with Crippen molar-refractivity contribution in [2.24, 2.45) is 0 Å². The van der Waals surface area contributed by atoms with Crippen molar-refractivity contribution in [1.29, 1.82) is 0 Å². The maximum atomic E-state index is 13.1. The molecule has 0 bridgehead atoms. The van der Waals surface area contributed by atoms with Crippen molar-refractivity contribution in [2.45, 2.75) is 64.6 Å². The van der Waals surface area contributed by atoms with Crippen LogP contribution in [0.1, 0.15) is 43.9 Å². The molecule has 0 aliphatic carbocycles. The normalized spacial score (nSPS) is 12.9. The smallest absolute Gasteiger partial charge is 0.242 e. The van der Waals surface area contributed by atoms with Crippen molar-refractivity contribution < 1.29 is 9.59 Å². The molecule has 2 rings (SSSR count). The predicted molar refractivity (Wildman–Crippen MR) is 121 cm³/mol. The molecule has 156 valence electrons. The molecule has 0 aliphatic rings. The van der Waals surface area contributed by atoms with E-state index in [0.717, 1.165) is 22.4 Å². The van der Waals surface area contributed by atoms with Crippen LogP contribution in [0.2, 0.25) is 0 Å². The van der Waals surface area contributed by atoms with Gasteiger partial charge in [0.15, 0.2) is 0 Å². The van der Waals surface area contributed by atoms with Gasteiger partial charge in [0.25, 0.3) is 0 Å². The van der Waals surface area contributed by atoms with E-state index < -0.39 is 6.04 Å². The molecule has 1 N–H and O–H groups in total. The Balaban J connectivity index is 2.14. The number of carbonyl (C=O) groups excluding carboxylic acids is 2. The molecule has 2 aromatic rings. The Kier molecular flexibility index (Phi) is 8.77. The van der Waals surface area contributed by atoms with E-state index >= 15 is 0 Å². The minimum absolute atomic E-state index is 0.0381. The standard InChI is InChI=1S/C24H32N2O2S/c1-6-19(4)25-24(28)20(5)26(15-21-9-7-8-18(3)14-21)23(27)16-29-22-12-10-17(2)11-13-22/h7-14,19-20H,6,15-16H2,1-5H3,(H,25,28). The fourth-order valence-electron chi connectivity index (χ4n) is 2.92.